The number of epoxide rings is 1. The van der Waals surface area contributed by atoms with Crippen molar-refractivity contribution in [2.75, 3.05) is 0 Å². The summed E-state index contributed by atoms with van der Waals surface area (Å²) in [5.41, 5.74) is 1.39. The van der Waals surface area contributed by atoms with Crippen molar-refractivity contribution in [2.45, 2.75) is 24.5 Å². The van der Waals surface area contributed by atoms with E-state index in [1.807, 2.05) is 24.3 Å². The van der Waals surface area contributed by atoms with Crippen molar-refractivity contribution in [1.29, 1.82) is 0 Å². The lowest BCUT2D eigenvalue weighted by Crippen LogP contribution is -2.28. The first-order valence-corrected chi connectivity index (χ1v) is 4.73. The van der Waals surface area contributed by atoms with Crippen molar-refractivity contribution in [3.63, 3.8) is 0 Å². The van der Waals surface area contributed by atoms with Crippen molar-refractivity contribution in [2.24, 2.45) is 0 Å². The first-order valence-electron chi connectivity index (χ1n) is 4.73. The van der Waals surface area contributed by atoms with E-state index in [1.165, 1.54) is 5.56 Å². The standard InChI is InChI=1S/C11H10O3/c12-10(13)11-6-5-7-3-1-2-4-8(7)9(11)14-11/h1-4,9H,5-6H2,(H,12,13). The normalized spacial score (nSPS) is 33.0. The Balaban J connectivity index is 2.05. The SMILES string of the molecule is O=C(O)C12CCc3ccccc3C1O2. The molecule has 2 atom stereocenters. The molecule has 0 saturated carbocycles. The predicted octanol–water partition coefficient (Wildman–Crippen LogP) is 1.53. The second-order valence-electron chi connectivity index (χ2n) is 3.89. The number of hydrogen-bond acceptors (Lipinski definition) is 2. The molecule has 1 aliphatic carbocycles. The fourth-order valence-electron chi connectivity index (χ4n) is 2.29. The van der Waals surface area contributed by atoms with E-state index in [0.717, 1.165) is 12.0 Å². The van der Waals surface area contributed by atoms with Crippen LogP contribution in [0, 0.1) is 0 Å². The predicted molar refractivity (Wildman–Crippen MR) is 49.0 cm³/mol. The number of aryl methyl sites for hydroxylation is 1. The summed E-state index contributed by atoms with van der Waals surface area (Å²) >= 11 is 0. The van der Waals surface area contributed by atoms with Gasteiger partial charge in [-0.05, 0) is 24.0 Å². The fourth-order valence-corrected chi connectivity index (χ4v) is 2.29. The Hall–Kier alpha value is -1.35. The summed E-state index contributed by atoms with van der Waals surface area (Å²) in [6.07, 6.45) is 1.20. The first kappa shape index (κ1) is 8.00. The van der Waals surface area contributed by atoms with Gasteiger partial charge in [0, 0.05) is 0 Å². The molecule has 0 radical (unpaired) electrons. The third-order valence-corrected chi connectivity index (χ3v) is 3.16. The molecule has 0 amide bonds. The van der Waals surface area contributed by atoms with E-state index in [9.17, 15) is 4.79 Å². The number of carboxylic acid groups (broad SMARTS) is 1. The van der Waals surface area contributed by atoms with Crippen LogP contribution in [0.1, 0.15) is 23.7 Å². The van der Waals surface area contributed by atoms with Gasteiger partial charge in [0.05, 0.1) is 0 Å². The van der Waals surface area contributed by atoms with Gasteiger partial charge in [-0.15, -0.1) is 0 Å². The molecule has 2 aliphatic rings. The van der Waals surface area contributed by atoms with Gasteiger partial charge in [0.15, 0.2) is 5.60 Å². The maximum absolute atomic E-state index is 11.0. The van der Waals surface area contributed by atoms with Gasteiger partial charge < -0.3 is 9.84 Å². The van der Waals surface area contributed by atoms with Crippen molar-refractivity contribution in [1.82, 2.24) is 0 Å². The highest BCUT2D eigenvalue weighted by Gasteiger charge is 2.65. The molecule has 3 rings (SSSR count). The third-order valence-electron chi connectivity index (χ3n) is 3.16. The summed E-state index contributed by atoms with van der Waals surface area (Å²) in [5, 5.41) is 9.04. The number of carbonyl (C=O) groups is 1. The van der Waals surface area contributed by atoms with Crippen LogP contribution < -0.4 is 0 Å². The minimum Gasteiger partial charge on any atom is -0.479 e. The van der Waals surface area contributed by atoms with Gasteiger partial charge in [-0.3, -0.25) is 0 Å². The Morgan fingerprint density at radius 3 is 3.07 bits per heavy atom. The Bertz CT molecular complexity index is 413. The van der Waals surface area contributed by atoms with E-state index in [-0.39, 0.29) is 6.10 Å². The first-order chi connectivity index (χ1) is 6.74. The number of ether oxygens (including phenoxy) is 1. The Labute approximate surface area is 81.3 Å². The highest BCUT2D eigenvalue weighted by atomic mass is 16.6. The van der Waals surface area contributed by atoms with Crippen molar-refractivity contribution < 1.29 is 14.6 Å². The molecule has 2 unspecified atom stereocenters. The van der Waals surface area contributed by atoms with Gasteiger partial charge in [-0.2, -0.15) is 0 Å². The molecule has 1 N–H and O–H groups in total. The van der Waals surface area contributed by atoms with Crippen molar-refractivity contribution in [3.8, 4) is 0 Å². The van der Waals surface area contributed by atoms with Crippen LogP contribution in [0.25, 0.3) is 0 Å². The second kappa shape index (κ2) is 2.36. The summed E-state index contributed by atoms with van der Waals surface area (Å²) in [7, 11) is 0. The molecule has 14 heavy (non-hydrogen) atoms. The molecular weight excluding hydrogens is 180 g/mol. The van der Waals surface area contributed by atoms with Crippen LogP contribution in [0.2, 0.25) is 0 Å². The second-order valence-corrected chi connectivity index (χ2v) is 3.89. The van der Waals surface area contributed by atoms with Crippen LogP contribution in [0.15, 0.2) is 24.3 Å². The zero-order chi connectivity index (χ0) is 9.76. The zero-order valence-electron chi connectivity index (χ0n) is 7.56. The fraction of sp³-hybridized carbons (Fsp3) is 0.364. The molecule has 1 fully saturated rings. The lowest BCUT2D eigenvalue weighted by atomic mass is 9.84. The van der Waals surface area contributed by atoms with Gasteiger partial charge in [-0.25, -0.2) is 4.79 Å². The van der Waals surface area contributed by atoms with Gasteiger partial charge in [0.2, 0.25) is 0 Å². The largest absolute Gasteiger partial charge is 0.479 e. The number of aliphatic carboxylic acids is 1. The molecule has 3 heteroatoms. The van der Waals surface area contributed by atoms with E-state index in [1.54, 1.807) is 0 Å². The summed E-state index contributed by atoms with van der Waals surface area (Å²) in [4.78, 5) is 11.0. The maximum Gasteiger partial charge on any atom is 0.339 e. The van der Waals surface area contributed by atoms with Crippen LogP contribution in [0.3, 0.4) is 0 Å². The Kier molecular flexibility index (Phi) is 1.35. The van der Waals surface area contributed by atoms with Gasteiger partial charge in [0.25, 0.3) is 0 Å². The van der Waals surface area contributed by atoms with Crippen LogP contribution in [0.5, 0.6) is 0 Å². The lowest BCUT2D eigenvalue weighted by Gasteiger charge is -2.16. The molecule has 1 heterocycles. The molecule has 1 aromatic carbocycles. The van der Waals surface area contributed by atoms with E-state index in [0.29, 0.717) is 6.42 Å². The topological polar surface area (TPSA) is 49.8 Å². The number of benzene rings is 1. The molecular formula is C11H10O3. The quantitative estimate of drug-likeness (QED) is 0.683. The van der Waals surface area contributed by atoms with Crippen LogP contribution in [-0.4, -0.2) is 16.7 Å². The molecule has 0 bridgehead atoms. The molecule has 1 aromatic rings. The number of fused-ring (bicyclic) bond motifs is 3. The number of carboxylic acids is 1. The van der Waals surface area contributed by atoms with Crippen molar-refractivity contribution >= 4 is 5.97 Å². The molecule has 72 valence electrons. The number of rotatable bonds is 1. The maximum atomic E-state index is 11.0. The Morgan fingerprint density at radius 1 is 1.50 bits per heavy atom. The van der Waals surface area contributed by atoms with Crippen LogP contribution >= 0.6 is 0 Å². The average Bonchev–Trinajstić information content (AvgIpc) is 2.94. The van der Waals surface area contributed by atoms with E-state index >= 15 is 0 Å². The summed E-state index contributed by atoms with van der Waals surface area (Å²) in [6, 6.07) is 7.92. The highest BCUT2D eigenvalue weighted by molar-refractivity contribution is 5.82. The molecule has 3 nitrogen and oxygen atoms in total. The van der Waals surface area contributed by atoms with Gasteiger partial charge in [0.1, 0.15) is 6.10 Å². The summed E-state index contributed by atoms with van der Waals surface area (Å²) in [6.45, 7) is 0. The molecule has 1 aliphatic heterocycles. The van der Waals surface area contributed by atoms with Crippen molar-refractivity contribution in [3.05, 3.63) is 35.4 Å². The van der Waals surface area contributed by atoms with Gasteiger partial charge >= 0.3 is 5.97 Å². The smallest absolute Gasteiger partial charge is 0.339 e. The third kappa shape index (κ3) is 0.826. The summed E-state index contributed by atoms with van der Waals surface area (Å²) < 4.78 is 5.35. The minimum absolute atomic E-state index is 0.204. The molecule has 0 spiro atoms. The van der Waals surface area contributed by atoms with Gasteiger partial charge in [-0.1, -0.05) is 24.3 Å². The van der Waals surface area contributed by atoms with Crippen LogP contribution in [0.4, 0.5) is 0 Å². The summed E-state index contributed by atoms with van der Waals surface area (Å²) in [5.74, 6) is -0.822. The van der Waals surface area contributed by atoms with E-state index in [2.05, 4.69) is 0 Å². The molecule has 0 aromatic heterocycles. The zero-order valence-corrected chi connectivity index (χ0v) is 7.56. The number of hydrogen-bond donors (Lipinski definition) is 1. The molecule has 1 saturated heterocycles. The van der Waals surface area contributed by atoms with Crippen LogP contribution in [-0.2, 0) is 16.0 Å². The lowest BCUT2D eigenvalue weighted by molar-refractivity contribution is -0.143. The minimum atomic E-state index is -0.894. The average molecular weight is 190 g/mol. The monoisotopic (exact) mass is 190 g/mol. The Morgan fingerprint density at radius 2 is 2.29 bits per heavy atom. The highest BCUT2D eigenvalue weighted by Crippen LogP contribution is 2.56. The van der Waals surface area contributed by atoms with E-state index in [4.69, 9.17) is 9.84 Å². The van der Waals surface area contributed by atoms with E-state index < -0.39 is 11.6 Å².